The van der Waals surface area contributed by atoms with E-state index in [4.69, 9.17) is 0 Å². The van der Waals surface area contributed by atoms with E-state index < -0.39 is 0 Å². The summed E-state index contributed by atoms with van der Waals surface area (Å²) in [5, 5.41) is 5.88. The molecule has 0 aliphatic rings. The maximum atomic E-state index is 12.6. The summed E-state index contributed by atoms with van der Waals surface area (Å²) in [6, 6.07) is 26.9. The summed E-state index contributed by atoms with van der Waals surface area (Å²) in [4.78, 5) is 24.8. The van der Waals surface area contributed by atoms with Gasteiger partial charge in [-0.15, -0.1) is 0 Å². The van der Waals surface area contributed by atoms with Crippen molar-refractivity contribution in [3.05, 3.63) is 102 Å². The van der Waals surface area contributed by atoms with Crippen LogP contribution in [0.2, 0.25) is 0 Å². The third-order valence-corrected chi connectivity index (χ3v) is 4.77. The average Bonchev–Trinajstić information content (AvgIpc) is 2.75. The Labute approximate surface area is 172 Å². The summed E-state index contributed by atoms with van der Waals surface area (Å²) < 4.78 is 0. The molecular weight excluding hydrogens is 360 g/mol. The monoisotopic (exact) mass is 386 g/mol. The van der Waals surface area contributed by atoms with Gasteiger partial charge in [0.15, 0.2) is 0 Å². The lowest BCUT2D eigenvalue weighted by Crippen LogP contribution is -2.26. The number of nitrogens with one attached hydrogen (secondary N) is 2. The second kappa shape index (κ2) is 10.2. The van der Waals surface area contributed by atoms with Gasteiger partial charge in [-0.3, -0.25) is 9.59 Å². The number of benzene rings is 3. The van der Waals surface area contributed by atoms with E-state index in [0.717, 1.165) is 18.4 Å². The van der Waals surface area contributed by atoms with E-state index in [1.165, 1.54) is 5.56 Å². The van der Waals surface area contributed by atoms with Gasteiger partial charge >= 0.3 is 0 Å². The molecule has 0 aliphatic heterocycles. The second-order valence-corrected chi connectivity index (χ2v) is 7.07. The van der Waals surface area contributed by atoms with Crippen LogP contribution < -0.4 is 10.6 Å². The zero-order valence-electron chi connectivity index (χ0n) is 16.6. The molecule has 0 aliphatic carbocycles. The lowest BCUT2D eigenvalue weighted by Gasteiger charge is -2.15. The van der Waals surface area contributed by atoms with Crippen LogP contribution >= 0.6 is 0 Å². The summed E-state index contributed by atoms with van der Waals surface area (Å²) in [6.07, 6.45) is 2.09. The highest BCUT2D eigenvalue weighted by Gasteiger charge is 2.12. The van der Waals surface area contributed by atoms with E-state index in [9.17, 15) is 9.59 Å². The number of rotatable bonds is 8. The van der Waals surface area contributed by atoms with E-state index in [2.05, 4.69) is 22.8 Å². The molecule has 3 rings (SSSR count). The van der Waals surface area contributed by atoms with E-state index in [0.29, 0.717) is 17.7 Å². The van der Waals surface area contributed by atoms with E-state index >= 15 is 0 Å². The van der Waals surface area contributed by atoms with Gasteiger partial charge in [-0.05, 0) is 49.1 Å². The fourth-order valence-electron chi connectivity index (χ4n) is 3.16. The van der Waals surface area contributed by atoms with Crippen molar-refractivity contribution in [1.29, 1.82) is 0 Å². The first-order chi connectivity index (χ1) is 14.1. The molecule has 0 heterocycles. The van der Waals surface area contributed by atoms with Crippen molar-refractivity contribution in [2.75, 3.05) is 5.32 Å². The fraction of sp³-hybridized carbons (Fsp3) is 0.200. The maximum Gasteiger partial charge on any atom is 0.251 e. The van der Waals surface area contributed by atoms with E-state index in [1.54, 1.807) is 24.3 Å². The topological polar surface area (TPSA) is 58.2 Å². The first kappa shape index (κ1) is 20.3. The van der Waals surface area contributed by atoms with Gasteiger partial charge in [0.1, 0.15) is 0 Å². The molecule has 4 nitrogen and oxygen atoms in total. The molecule has 4 heteroatoms. The summed E-state index contributed by atoms with van der Waals surface area (Å²) in [5.74, 6) is -0.210. The van der Waals surface area contributed by atoms with Crippen LogP contribution in [-0.4, -0.2) is 11.8 Å². The Morgan fingerprint density at radius 1 is 0.862 bits per heavy atom. The molecule has 3 aromatic carbocycles. The number of carbonyl (C=O) groups is 2. The van der Waals surface area contributed by atoms with Crippen LogP contribution in [0.4, 0.5) is 5.69 Å². The number of anilines is 1. The Kier molecular flexibility index (Phi) is 7.17. The zero-order valence-corrected chi connectivity index (χ0v) is 16.6. The van der Waals surface area contributed by atoms with Gasteiger partial charge < -0.3 is 10.6 Å². The third kappa shape index (κ3) is 6.32. The number of hydrogen-bond donors (Lipinski definition) is 2. The maximum absolute atomic E-state index is 12.6. The molecule has 0 saturated carbocycles. The molecule has 148 valence electrons. The largest absolute Gasteiger partial charge is 0.346 e. The van der Waals surface area contributed by atoms with Crippen LogP contribution in [0.5, 0.6) is 0 Å². The minimum atomic E-state index is -0.165. The Morgan fingerprint density at radius 3 is 2.28 bits per heavy atom. The minimum absolute atomic E-state index is 0.0452. The zero-order chi connectivity index (χ0) is 20.5. The molecule has 2 N–H and O–H groups in total. The standard InChI is InChI=1S/C25H26N2O2/c1-19(21-13-6-3-7-14-21)26-25(29)22-15-9-16-23(18-22)27-24(28)17-8-12-20-10-4-2-5-11-20/h2-7,9-11,13-16,18-19H,8,12,17H2,1H3,(H,26,29)(H,27,28). The highest BCUT2D eigenvalue weighted by Crippen LogP contribution is 2.15. The average molecular weight is 386 g/mol. The smallest absolute Gasteiger partial charge is 0.251 e. The Morgan fingerprint density at radius 2 is 1.55 bits per heavy atom. The molecule has 1 unspecified atom stereocenters. The molecule has 1 atom stereocenters. The van der Waals surface area contributed by atoms with Crippen molar-refractivity contribution >= 4 is 17.5 Å². The van der Waals surface area contributed by atoms with Crippen LogP contribution in [-0.2, 0) is 11.2 Å². The van der Waals surface area contributed by atoms with Crippen LogP contribution in [0.15, 0.2) is 84.9 Å². The van der Waals surface area contributed by atoms with Crippen molar-refractivity contribution < 1.29 is 9.59 Å². The highest BCUT2D eigenvalue weighted by molar-refractivity contribution is 5.97. The van der Waals surface area contributed by atoms with Gasteiger partial charge in [0.25, 0.3) is 5.91 Å². The van der Waals surface area contributed by atoms with Gasteiger partial charge in [0, 0.05) is 17.7 Å². The minimum Gasteiger partial charge on any atom is -0.346 e. The predicted molar refractivity (Wildman–Crippen MR) is 117 cm³/mol. The summed E-state index contributed by atoms with van der Waals surface area (Å²) in [5.41, 5.74) is 3.43. The predicted octanol–water partition coefficient (Wildman–Crippen LogP) is 5.14. The molecule has 0 radical (unpaired) electrons. The lowest BCUT2D eigenvalue weighted by molar-refractivity contribution is -0.116. The lowest BCUT2D eigenvalue weighted by atomic mass is 10.1. The van der Waals surface area contributed by atoms with Gasteiger partial charge in [-0.2, -0.15) is 0 Å². The molecule has 0 bridgehead atoms. The first-order valence-electron chi connectivity index (χ1n) is 9.91. The molecule has 0 spiro atoms. The Balaban J connectivity index is 1.52. The summed E-state index contributed by atoms with van der Waals surface area (Å²) in [7, 11) is 0. The van der Waals surface area contributed by atoms with Gasteiger partial charge in [0.2, 0.25) is 5.91 Å². The van der Waals surface area contributed by atoms with E-state index in [1.807, 2.05) is 55.5 Å². The van der Waals surface area contributed by atoms with Crippen LogP contribution in [0, 0.1) is 0 Å². The normalized spacial score (nSPS) is 11.5. The molecule has 0 aromatic heterocycles. The molecule has 2 amide bonds. The van der Waals surface area contributed by atoms with Crippen molar-refractivity contribution in [3.63, 3.8) is 0 Å². The SMILES string of the molecule is CC(NC(=O)c1cccc(NC(=O)CCCc2ccccc2)c1)c1ccccc1. The molecule has 3 aromatic rings. The van der Waals surface area contributed by atoms with Crippen LogP contribution in [0.3, 0.4) is 0 Å². The van der Waals surface area contributed by atoms with E-state index in [-0.39, 0.29) is 17.9 Å². The molecular formula is C25H26N2O2. The molecule has 29 heavy (non-hydrogen) atoms. The Bertz CT molecular complexity index is 939. The van der Waals surface area contributed by atoms with Gasteiger partial charge in [0.05, 0.1) is 6.04 Å². The first-order valence-corrected chi connectivity index (χ1v) is 9.91. The quantitative estimate of drug-likeness (QED) is 0.563. The van der Waals surface area contributed by atoms with Gasteiger partial charge in [-0.25, -0.2) is 0 Å². The molecule has 0 fully saturated rings. The van der Waals surface area contributed by atoms with Crippen molar-refractivity contribution in [3.8, 4) is 0 Å². The Hall–Kier alpha value is -3.40. The van der Waals surface area contributed by atoms with Crippen molar-refractivity contribution in [1.82, 2.24) is 5.32 Å². The number of aryl methyl sites for hydroxylation is 1. The highest BCUT2D eigenvalue weighted by atomic mass is 16.2. The van der Waals surface area contributed by atoms with Crippen molar-refractivity contribution in [2.24, 2.45) is 0 Å². The fourth-order valence-corrected chi connectivity index (χ4v) is 3.16. The van der Waals surface area contributed by atoms with Crippen LogP contribution in [0.25, 0.3) is 0 Å². The van der Waals surface area contributed by atoms with Gasteiger partial charge in [-0.1, -0.05) is 66.7 Å². The number of hydrogen-bond acceptors (Lipinski definition) is 2. The number of carbonyl (C=O) groups excluding carboxylic acids is 2. The summed E-state index contributed by atoms with van der Waals surface area (Å²) >= 11 is 0. The van der Waals surface area contributed by atoms with Crippen LogP contribution in [0.1, 0.15) is 47.3 Å². The molecule has 0 saturated heterocycles. The summed E-state index contributed by atoms with van der Waals surface area (Å²) in [6.45, 7) is 1.95. The number of amides is 2. The van der Waals surface area contributed by atoms with Crippen molar-refractivity contribution in [2.45, 2.75) is 32.2 Å². The second-order valence-electron chi connectivity index (χ2n) is 7.07. The third-order valence-electron chi connectivity index (χ3n) is 4.77.